The Balaban J connectivity index is 1.51. The largest absolute Gasteiger partial charge is 0.493 e. The highest BCUT2D eigenvalue weighted by Crippen LogP contribution is 2.32. The Morgan fingerprint density at radius 1 is 1.00 bits per heavy atom. The van der Waals surface area contributed by atoms with Crippen LogP contribution in [0.4, 0.5) is 0 Å². The van der Waals surface area contributed by atoms with E-state index in [1.807, 2.05) is 49.1 Å². The molecule has 1 aliphatic carbocycles. The van der Waals surface area contributed by atoms with Crippen LogP contribution in [0.25, 0.3) is 0 Å². The Morgan fingerprint density at radius 3 is 2.41 bits per heavy atom. The number of nitrogens with one attached hydrogen (secondary N) is 1. The van der Waals surface area contributed by atoms with E-state index in [9.17, 15) is 9.59 Å². The second-order valence-corrected chi connectivity index (χ2v) is 11.1. The summed E-state index contributed by atoms with van der Waals surface area (Å²) in [5.41, 5.74) is 1.58. The number of carbonyl (C=O) groups is 2. The number of ether oxygens (including phenoxy) is 4. The highest BCUT2D eigenvalue weighted by molar-refractivity contribution is 5.95. The molecule has 1 saturated carbocycles. The van der Waals surface area contributed by atoms with Gasteiger partial charge in [-0.2, -0.15) is 0 Å². The van der Waals surface area contributed by atoms with E-state index in [0.29, 0.717) is 36.8 Å². The normalized spacial score (nSPS) is 17.3. The predicted octanol–water partition coefficient (Wildman–Crippen LogP) is 4.10. The molecule has 224 valence electrons. The van der Waals surface area contributed by atoms with E-state index in [2.05, 4.69) is 5.32 Å². The average Bonchev–Trinajstić information content (AvgIpc) is 3.68. The number of hydrogen-bond donors (Lipinski definition) is 1. The summed E-state index contributed by atoms with van der Waals surface area (Å²) in [5.74, 6) is 0.929. The topological polar surface area (TPSA) is 89.6 Å². The fraction of sp³-hybridized carbons (Fsp3) is 0.562. The molecular formula is C32H45N3O6. The van der Waals surface area contributed by atoms with Crippen LogP contribution in [0.1, 0.15) is 55.5 Å². The van der Waals surface area contributed by atoms with E-state index < -0.39 is 6.23 Å². The number of hydrogen-bond acceptors (Lipinski definition) is 7. The van der Waals surface area contributed by atoms with Gasteiger partial charge in [0, 0.05) is 56.8 Å². The molecule has 41 heavy (non-hydrogen) atoms. The van der Waals surface area contributed by atoms with E-state index in [1.54, 1.807) is 37.3 Å². The minimum Gasteiger partial charge on any atom is -0.493 e. The number of amides is 2. The zero-order valence-corrected chi connectivity index (χ0v) is 24.8. The summed E-state index contributed by atoms with van der Waals surface area (Å²) in [6.07, 6.45) is 3.06. The second kappa shape index (κ2) is 15.2. The minimum atomic E-state index is -0.549. The molecule has 0 bridgehead atoms. The summed E-state index contributed by atoms with van der Waals surface area (Å²) in [6.45, 7) is 7.06. The third-order valence-corrected chi connectivity index (χ3v) is 7.61. The quantitative estimate of drug-likeness (QED) is 0.241. The van der Waals surface area contributed by atoms with Crippen molar-refractivity contribution in [2.75, 3.05) is 47.1 Å². The summed E-state index contributed by atoms with van der Waals surface area (Å²) >= 11 is 0. The number of benzene rings is 2. The smallest absolute Gasteiger partial charge is 0.256 e. The molecule has 1 saturated heterocycles. The lowest BCUT2D eigenvalue weighted by atomic mass is 10.0. The van der Waals surface area contributed by atoms with Crippen LogP contribution in [-0.2, 0) is 20.8 Å². The maximum atomic E-state index is 14.1. The molecule has 2 aromatic carbocycles. The molecule has 1 N–H and O–H groups in total. The van der Waals surface area contributed by atoms with Gasteiger partial charge < -0.3 is 34.1 Å². The number of carbonyl (C=O) groups excluding carboxylic acids is 2. The van der Waals surface area contributed by atoms with Gasteiger partial charge in [0.15, 0.2) is 11.5 Å². The molecule has 1 unspecified atom stereocenters. The summed E-state index contributed by atoms with van der Waals surface area (Å²) in [4.78, 5) is 31.3. The van der Waals surface area contributed by atoms with Gasteiger partial charge in [-0.05, 0) is 63.4 Å². The Labute approximate surface area is 244 Å². The molecule has 1 heterocycles. The number of rotatable bonds is 16. The summed E-state index contributed by atoms with van der Waals surface area (Å²) in [6, 6.07) is 15.4. The van der Waals surface area contributed by atoms with Crippen molar-refractivity contribution in [1.82, 2.24) is 15.1 Å². The van der Waals surface area contributed by atoms with Gasteiger partial charge in [0.2, 0.25) is 5.91 Å². The first kappa shape index (κ1) is 30.8. The Morgan fingerprint density at radius 2 is 1.78 bits per heavy atom. The summed E-state index contributed by atoms with van der Waals surface area (Å²) in [5, 5.41) is 3.39. The first-order valence-electron chi connectivity index (χ1n) is 14.7. The monoisotopic (exact) mass is 567 g/mol. The molecule has 4 rings (SSSR count). The van der Waals surface area contributed by atoms with Crippen LogP contribution in [0.5, 0.6) is 11.5 Å². The van der Waals surface area contributed by atoms with Crippen LogP contribution in [0.2, 0.25) is 0 Å². The summed E-state index contributed by atoms with van der Waals surface area (Å²) in [7, 11) is 3.23. The zero-order valence-electron chi connectivity index (χ0n) is 24.8. The van der Waals surface area contributed by atoms with Crippen molar-refractivity contribution in [3.8, 4) is 11.5 Å². The van der Waals surface area contributed by atoms with Gasteiger partial charge in [-0.15, -0.1) is 0 Å². The zero-order chi connectivity index (χ0) is 29.2. The van der Waals surface area contributed by atoms with Crippen molar-refractivity contribution in [2.24, 2.45) is 5.92 Å². The first-order chi connectivity index (χ1) is 19.9. The Hall–Kier alpha value is -3.14. The van der Waals surface area contributed by atoms with Gasteiger partial charge in [0.05, 0.1) is 13.7 Å². The first-order valence-corrected chi connectivity index (χ1v) is 14.7. The van der Waals surface area contributed by atoms with Crippen LogP contribution < -0.4 is 14.8 Å². The molecule has 9 nitrogen and oxygen atoms in total. The molecule has 2 aliphatic rings. The third kappa shape index (κ3) is 8.44. The fourth-order valence-electron chi connectivity index (χ4n) is 5.29. The summed E-state index contributed by atoms with van der Waals surface area (Å²) < 4.78 is 22.9. The highest BCUT2D eigenvalue weighted by atomic mass is 16.5. The van der Waals surface area contributed by atoms with Crippen LogP contribution in [0, 0.1) is 5.92 Å². The lowest BCUT2D eigenvalue weighted by Crippen LogP contribution is -2.51. The van der Waals surface area contributed by atoms with Crippen LogP contribution in [0.15, 0.2) is 48.5 Å². The molecule has 9 heteroatoms. The van der Waals surface area contributed by atoms with Gasteiger partial charge in [-0.1, -0.05) is 30.3 Å². The second-order valence-electron chi connectivity index (χ2n) is 11.1. The molecule has 2 fully saturated rings. The standard InChI is InChI=1S/C32H45N3O6/c1-23(2)35(31(37)25-11-14-28(39-4)29(19-25)40-18-8-17-38-3)32(26-15-16-33-20-26)41-22-30(36)34(27-12-13-27)21-24-9-6-5-7-10-24/h5-7,9-11,14,19,23,26-27,32-33H,8,12-13,15-18,20-22H2,1-4H3/t26-,32?/m0/s1. The van der Waals surface area contributed by atoms with E-state index in [0.717, 1.165) is 44.3 Å². The van der Waals surface area contributed by atoms with E-state index in [-0.39, 0.29) is 36.4 Å². The molecule has 0 spiro atoms. The van der Waals surface area contributed by atoms with E-state index >= 15 is 0 Å². The Bertz CT molecular complexity index is 1120. The van der Waals surface area contributed by atoms with Gasteiger partial charge in [0.25, 0.3) is 5.91 Å². The van der Waals surface area contributed by atoms with Crippen molar-refractivity contribution in [2.45, 2.75) is 64.4 Å². The van der Waals surface area contributed by atoms with Crippen molar-refractivity contribution in [3.63, 3.8) is 0 Å². The lowest BCUT2D eigenvalue weighted by molar-refractivity contribution is -0.147. The molecule has 2 amide bonds. The van der Waals surface area contributed by atoms with E-state index in [4.69, 9.17) is 18.9 Å². The maximum absolute atomic E-state index is 14.1. The third-order valence-electron chi connectivity index (χ3n) is 7.61. The van der Waals surface area contributed by atoms with Crippen LogP contribution in [0.3, 0.4) is 0 Å². The number of methoxy groups -OCH3 is 2. The fourth-order valence-corrected chi connectivity index (χ4v) is 5.29. The lowest BCUT2D eigenvalue weighted by Gasteiger charge is -2.38. The number of nitrogens with zero attached hydrogens (tertiary/aromatic N) is 2. The van der Waals surface area contributed by atoms with Crippen molar-refractivity contribution >= 4 is 11.8 Å². The average molecular weight is 568 g/mol. The van der Waals surface area contributed by atoms with Crippen molar-refractivity contribution in [3.05, 3.63) is 59.7 Å². The van der Waals surface area contributed by atoms with Crippen LogP contribution in [-0.4, -0.2) is 87.1 Å². The minimum absolute atomic E-state index is 0.0420. The van der Waals surface area contributed by atoms with Crippen LogP contribution >= 0.6 is 0 Å². The highest BCUT2D eigenvalue weighted by Gasteiger charge is 2.38. The van der Waals surface area contributed by atoms with E-state index in [1.165, 1.54) is 0 Å². The molecule has 0 aromatic heterocycles. The van der Waals surface area contributed by atoms with Gasteiger partial charge in [-0.3, -0.25) is 9.59 Å². The van der Waals surface area contributed by atoms with Crippen molar-refractivity contribution < 1.29 is 28.5 Å². The molecule has 2 atom stereocenters. The van der Waals surface area contributed by atoms with Gasteiger partial charge >= 0.3 is 0 Å². The maximum Gasteiger partial charge on any atom is 0.256 e. The van der Waals surface area contributed by atoms with Crippen molar-refractivity contribution in [1.29, 1.82) is 0 Å². The molecule has 1 aliphatic heterocycles. The van der Waals surface area contributed by atoms with Gasteiger partial charge in [-0.25, -0.2) is 0 Å². The molecular weight excluding hydrogens is 522 g/mol. The molecule has 2 aromatic rings. The van der Waals surface area contributed by atoms with Gasteiger partial charge in [0.1, 0.15) is 12.8 Å². The molecule has 0 radical (unpaired) electrons. The Kier molecular flexibility index (Phi) is 11.4. The predicted molar refractivity (Wildman–Crippen MR) is 157 cm³/mol. The SMILES string of the molecule is COCCCOc1cc(C(=O)N(C(C)C)C(OCC(=O)N(Cc2ccccc2)C2CC2)[C@H]2CCNC2)ccc1OC.